The van der Waals surface area contributed by atoms with Gasteiger partial charge in [-0.2, -0.15) is 0 Å². The van der Waals surface area contributed by atoms with Gasteiger partial charge >= 0.3 is 5.97 Å². The molecule has 3 aliphatic carbocycles. The Labute approximate surface area is 233 Å². The number of ether oxygens (including phenoxy) is 1. The number of hydrogen-bond acceptors (Lipinski definition) is 4. The van der Waals surface area contributed by atoms with Crippen LogP contribution in [0.25, 0.3) is 0 Å². The first-order valence-electron chi connectivity index (χ1n) is 11.7. The van der Waals surface area contributed by atoms with Crippen LogP contribution in [0.5, 0.6) is 0 Å². The standard InChI is InChI=1S/C28H19Cl4NO4/c1-14(26(36)37-13-15-10-11-16(29)12-21(15)30)33-24(34)22-23(25(33)35)28(32)18-7-3-2-6-17(18)27(22,31)19-8-4-5-9-20(19)28/h2-12,14,22-23H,13H2,1H3/t14-,22+,23+,27?,28?/m1/s1. The van der Waals surface area contributed by atoms with E-state index in [1.165, 1.54) is 6.92 Å². The number of alkyl halides is 2. The molecule has 1 saturated heterocycles. The average molecular weight is 575 g/mol. The number of carbonyl (C=O) groups excluding carboxylic acids is 3. The highest BCUT2D eigenvalue weighted by atomic mass is 35.5. The Bertz CT molecular complexity index is 1380. The Morgan fingerprint density at radius 2 is 1.32 bits per heavy atom. The monoisotopic (exact) mass is 573 g/mol. The van der Waals surface area contributed by atoms with Gasteiger partial charge in [-0.05, 0) is 41.3 Å². The number of halogens is 4. The van der Waals surface area contributed by atoms with Crippen molar-refractivity contribution < 1.29 is 19.1 Å². The summed E-state index contributed by atoms with van der Waals surface area (Å²) in [6.45, 7) is 1.32. The zero-order valence-corrected chi connectivity index (χ0v) is 22.4. The minimum atomic E-state index is -1.31. The quantitative estimate of drug-likeness (QED) is 0.217. The van der Waals surface area contributed by atoms with Gasteiger partial charge in [0.1, 0.15) is 22.4 Å². The largest absolute Gasteiger partial charge is 0.459 e. The molecule has 5 nitrogen and oxygen atoms in total. The predicted octanol–water partition coefficient (Wildman–Crippen LogP) is 6.02. The average Bonchev–Trinajstić information content (AvgIpc) is 3.17. The third-order valence-electron chi connectivity index (χ3n) is 7.73. The third kappa shape index (κ3) is 3.21. The molecule has 0 radical (unpaired) electrons. The molecular weight excluding hydrogens is 556 g/mol. The third-order valence-corrected chi connectivity index (χ3v) is 9.60. The lowest BCUT2D eigenvalue weighted by Crippen LogP contribution is -2.57. The molecule has 0 unspecified atom stereocenters. The normalized spacial score (nSPS) is 28.0. The van der Waals surface area contributed by atoms with Gasteiger partial charge in [0.05, 0.1) is 11.8 Å². The summed E-state index contributed by atoms with van der Waals surface area (Å²) in [5, 5.41) is 0.790. The van der Waals surface area contributed by atoms with Crippen molar-refractivity contribution in [1.29, 1.82) is 0 Å². The summed E-state index contributed by atoms with van der Waals surface area (Å²) < 4.78 is 5.44. The highest BCUT2D eigenvalue weighted by molar-refractivity contribution is 6.36. The van der Waals surface area contributed by atoms with Gasteiger partial charge < -0.3 is 4.74 Å². The molecule has 0 N–H and O–H groups in total. The smallest absolute Gasteiger partial charge is 0.329 e. The first kappa shape index (κ1) is 24.7. The zero-order chi connectivity index (χ0) is 26.3. The molecule has 1 heterocycles. The fraction of sp³-hybridized carbons (Fsp3) is 0.250. The van der Waals surface area contributed by atoms with Crippen molar-refractivity contribution >= 4 is 64.2 Å². The molecule has 0 spiro atoms. The second-order valence-corrected chi connectivity index (χ2v) is 11.6. The lowest BCUT2D eigenvalue weighted by molar-refractivity contribution is -0.159. The number of imide groups is 1. The van der Waals surface area contributed by atoms with Crippen molar-refractivity contribution in [2.24, 2.45) is 11.8 Å². The molecule has 37 heavy (non-hydrogen) atoms. The van der Waals surface area contributed by atoms with E-state index >= 15 is 0 Å². The second kappa shape index (κ2) is 8.47. The maximum absolute atomic E-state index is 13.9. The summed E-state index contributed by atoms with van der Waals surface area (Å²) in [5.74, 6) is -3.81. The minimum absolute atomic E-state index is 0.141. The van der Waals surface area contributed by atoms with Gasteiger partial charge in [-0.15, -0.1) is 23.2 Å². The van der Waals surface area contributed by atoms with Crippen molar-refractivity contribution in [1.82, 2.24) is 4.90 Å². The molecule has 0 saturated carbocycles. The van der Waals surface area contributed by atoms with Gasteiger partial charge in [0.25, 0.3) is 0 Å². The van der Waals surface area contributed by atoms with E-state index in [4.69, 9.17) is 51.1 Å². The van der Waals surface area contributed by atoms with Crippen molar-refractivity contribution in [2.45, 2.75) is 29.3 Å². The van der Waals surface area contributed by atoms with Crippen molar-refractivity contribution in [3.05, 3.63) is 105 Å². The van der Waals surface area contributed by atoms with Crippen LogP contribution >= 0.6 is 46.4 Å². The molecule has 7 rings (SSSR count). The zero-order valence-electron chi connectivity index (χ0n) is 19.4. The van der Waals surface area contributed by atoms with Crippen LogP contribution in [0.3, 0.4) is 0 Å². The van der Waals surface area contributed by atoms with Crippen LogP contribution in [0.4, 0.5) is 0 Å². The molecule has 9 heteroatoms. The van der Waals surface area contributed by atoms with Gasteiger partial charge in [-0.3, -0.25) is 14.5 Å². The minimum Gasteiger partial charge on any atom is -0.459 e. The molecule has 1 fully saturated rings. The Morgan fingerprint density at radius 1 is 0.865 bits per heavy atom. The van der Waals surface area contributed by atoms with Gasteiger partial charge in [0.2, 0.25) is 11.8 Å². The fourth-order valence-corrected chi connectivity index (χ4v) is 7.64. The molecular formula is C28H19Cl4NO4. The summed E-state index contributed by atoms with van der Waals surface area (Å²) >= 11 is 26.9. The summed E-state index contributed by atoms with van der Waals surface area (Å²) in [5.41, 5.74) is 3.33. The van der Waals surface area contributed by atoms with Crippen molar-refractivity contribution in [2.75, 3.05) is 0 Å². The van der Waals surface area contributed by atoms with E-state index in [0.29, 0.717) is 37.9 Å². The Kier molecular flexibility index (Phi) is 5.67. The number of hydrogen-bond donors (Lipinski definition) is 0. The second-order valence-electron chi connectivity index (χ2n) is 9.54. The first-order chi connectivity index (χ1) is 17.6. The van der Waals surface area contributed by atoms with Crippen LogP contribution in [0.1, 0.15) is 34.7 Å². The van der Waals surface area contributed by atoms with Crippen molar-refractivity contribution in [3.8, 4) is 0 Å². The topological polar surface area (TPSA) is 63.7 Å². The number of benzene rings is 3. The number of nitrogens with zero attached hydrogens (tertiary/aromatic N) is 1. The maximum Gasteiger partial charge on any atom is 0.329 e. The Balaban J connectivity index is 1.37. The summed E-state index contributed by atoms with van der Waals surface area (Å²) in [6.07, 6.45) is 0. The molecule has 3 aromatic rings. The summed E-state index contributed by atoms with van der Waals surface area (Å²) in [6, 6.07) is 18.3. The SMILES string of the molecule is C[C@H](C(=O)OCc1ccc(Cl)cc1Cl)N1C(=O)[C@@H]2[C@@H](C1=O)C1(Cl)c3ccccc3C2(Cl)c2ccccc21. The first-order valence-corrected chi connectivity index (χ1v) is 13.2. The van der Waals surface area contributed by atoms with Crippen LogP contribution in [-0.2, 0) is 35.5 Å². The Morgan fingerprint density at radius 3 is 1.76 bits per heavy atom. The van der Waals surface area contributed by atoms with Crippen molar-refractivity contribution in [3.63, 3.8) is 0 Å². The molecule has 2 amide bonds. The highest BCUT2D eigenvalue weighted by Crippen LogP contribution is 2.69. The van der Waals surface area contributed by atoms with E-state index in [-0.39, 0.29) is 6.61 Å². The van der Waals surface area contributed by atoms with E-state index in [1.807, 2.05) is 48.5 Å². The van der Waals surface area contributed by atoms with E-state index in [0.717, 1.165) is 4.90 Å². The van der Waals surface area contributed by atoms with Gasteiger partial charge in [0, 0.05) is 15.6 Å². The lowest BCUT2D eigenvalue weighted by atomic mass is 9.54. The fourth-order valence-electron chi connectivity index (χ4n) is 6.08. The molecule has 0 aromatic heterocycles. The predicted molar refractivity (Wildman–Crippen MR) is 141 cm³/mol. The van der Waals surface area contributed by atoms with E-state index in [2.05, 4.69) is 0 Å². The molecule has 3 aromatic carbocycles. The number of rotatable bonds is 4. The number of carbonyl (C=O) groups is 3. The molecule has 2 bridgehead atoms. The van der Waals surface area contributed by atoms with Crippen LogP contribution in [0.2, 0.25) is 10.0 Å². The van der Waals surface area contributed by atoms with Crippen LogP contribution in [-0.4, -0.2) is 28.7 Å². The van der Waals surface area contributed by atoms with E-state index < -0.39 is 45.4 Å². The number of amides is 2. The number of likely N-dealkylation sites (tertiary alicyclic amines) is 1. The van der Waals surface area contributed by atoms with E-state index in [9.17, 15) is 14.4 Å². The Hall–Kier alpha value is -2.57. The molecule has 1 aliphatic heterocycles. The molecule has 3 atom stereocenters. The van der Waals surface area contributed by atoms with Gasteiger partial charge in [-0.25, -0.2) is 4.79 Å². The van der Waals surface area contributed by atoms with E-state index in [1.54, 1.807) is 18.2 Å². The molecule has 4 aliphatic rings. The highest BCUT2D eigenvalue weighted by Gasteiger charge is 2.73. The van der Waals surface area contributed by atoms with Crippen LogP contribution in [0.15, 0.2) is 66.7 Å². The number of esters is 1. The van der Waals surface area contributed by atoms with Crippen LogP contribution < -0.4 is 0 Å². The summed E-state index contributed by atoms with van der Waals surface area (Å²) in [4.78, 5) is 39.3. The van der Waals surface area contributed by atoms with Gasteiger partial charge in [0.15, 0.2) is 0 Å². The van der Waals surface area contributed by atoms with Crippen LogP contribution in [0, 0.1) is 11.8 Å². The summed E-state index contributed by atoms with van der Waals surface area (Å²) in [7, 11) is 0. The lowest BCUT2D eigenvalue weighted by Gasteiger charge is -2.54. The maximum atomic E-state index is 13.9. The van der Waals surface area contributed by atoms with Gasteiger partial charge in [-0.1, -0.05) is 77.8 Å². The molecule has 188 valence electrons.